The van der Waals surface area contributed by atoms with Crippen molar-refractivity contribution >= 4 is 17.3 Å². The van der Waals surface area contributed by atoms with Gasteiger partial charge in [0.1, 0.15) is 6.10 Å². The van der Waals surface area contributed by atoms with E-state index in [4.69, 9.17) is 10.5 Å². The Morgan fingerprint density at radius 3 is 2.52 bits per heavy atom. The lowest BCUT2D eigenvalue weighted by molar-refractivity contribution is -0.142. The zero-order valence-electron chi connectivity index (χ0n) is 12.5. The molecular formula is C16H23N3O2. The van der Waals surface area contributed by atoms with E-state index in [9.17, 15) is 4.79 Å². The summed E-state index contributed by atoms with van der Waals surface area (Å²) in [6.07, 6.45) is 1.82. The number of nitrogen functional groups attached to an aromatic ring is 1. The van der Waals surface area contributed by atoms with Crippen LogP contribution in [0.15, 0.2) is 24.3 Å². The number of piperazine rings is 1. The summed E-state index contributed by atoms with van der Waals surface area (Å²) in [5.41, 5.74) is 7.88. The molecule has 2 N–H and O–H groups in total. The fourth-order valence-corrected chi connectivity index (χ4v) is 3.13. The first kappa shape index (κ1) is 14.2. The Morgan fingerprint density at radius 2 is 1.90 bits per heavy atom. The lowest BCUT2D eigenvalue weighted by Crippen LogP contribution is -2.51. The smallest absolute Gasteiger partial charge is 0.251 e. The number of nitrogens with zero attached hydrogens (tertiary/aromatic N) is 2. The molecular weight excluding hydrogens is 266 g/mol. The molecule has 3 rings (SSSR count). The number of hydrogen-bond acceptors (Lipinski definition) is 4. The zero-order valence-corrected chi connectivity index (χ0v) is 12.5. The second-order valence-electron chi connectivity index (χ2n) is 5.88. The van der Waals surface area contributed by atoms with Gasteiger partial charge in [-0.1, -0.05) is 12.1 Å². The predicted octanol–water partition coefficient (Wildman–Crippen LogP) is 1.48. The highest BCUT2D eigenvalue weighted by atomic mass is 16.5. The predicted molar refractivity (Wildman–Crippen MR) is 83.2 cm³/mol. The molecule has 21 heavy (non-hydrogen) atoms. The van der Waals surface area contributed by atoms with Crippen LogP contribution in [0.3, 0.4) is 0 Å². The third-order valence-corrected chi connectivity index (χ3v) is 4.38. The zero-order chi connectivity index (χ0) is 14.8. The normalized spacial score (nSPS) is 26.1. The second kappa shape index (κ2) is 5.93. The molecule has 5 heteroatoms. The number of nitrogens with two attached hydrogens (primary N) is 1. The standard InChI is InChI=1S/C16H23N3O2/c1-12-6-7-15(21-12)16(20)19-10-8-18(9-11-19)14-5-3-2-4-13(14)17/h2-5,12,15H,6-11,17H2,1H3. The van der Waals surface area contributed by atoms with Gasteiger partial charge in [-0.25, -0.2) is 0 Å². The molecule has 5 nitrogen and oxygen atoms in total. The first-order chi connectivity index (χ1) is 10.1. The highest BCUT2D eigenvalue weighted by Crippen LogP contribution is 2.25. The molecule has 114 valence electrons. The quantitative estimate of drug-likeness (QED) is 0.838. The van der Waals surface area contributed by atoms with E-state index >= 15 is 0 Å². The van der Waals surface area contributed by atoms with Crippen LogP contribution in [0, 0.1) is 0 Å². The molecule has 0 saturated carbocycles. The molecule has 1 amide bonds. The average molecular weight is 289 g/mol. The molecule has 2 aliphatic heterocycles. The maximum Gasteiger partial charge on any atom is 0.251 e. The van der Waals surface area contributed by atoms with Gasteiger partial charge in [-0.15, -0.1) is 0 Å². The van der Waals surface area contributed by atoms with Crippen molar-refractivity contribution < 1.29 is 9.53 Å². The Kier molecular flexibility index (Phi) is 4.01. The minimum Gasteiger partial charge on any atom is -0.397 e. The van der Waals surface area contributed by atoms with Gasteiger partial charge in [0, 0.05) is 26.2 Å². The third-order valence-electron chi connectivity index (χ3n) is 4.38. The molecule has 0 aliphatic carbocycles. The molecule has 2 aliphatic rings. The summed E-state index contributed by atoms with van der Waals surface area (Å²) in [5.74, 6) is 0.153. The van der Waals surface area contributed by atoms with E-state index in [-0.39, 0.29) is 18.1 Å². The molecule has 2 atom stereocenters. The van der Waals surface area contributed by atoms with E-state index in [0.29, 0.717) is 0 Å². The van der Waals surface area contributed by atoms with Crippen LogP contribution in [0.1, 0.15) is 19.8 Å². The van der Waals surface area contributed by atoms with Crippen molar-refractivity contribution in [1.82, 2.24) is 4.90 Å². The van der Waals surface area contributed by atoms with Gasteiger partial charge in [0.2, 0.25) is 0 Å². The van der Waals surface area contributed by atoms with Crippen LogP contribution in [0.5, 0.6) is 0 Å². The van der Waals surface area contributed by atoms with E-state index in [1.165, 1.54) is 0 Å². The van der Waals surface area contributed by atoms with Gasteiger partial charge >= 0.3 is 0 Å². The second-order valence-corrected chi connectivity index (χ2v) is 5.88. The van der Waals surface area contributed by atoms with Crippen LogP contribution >= 0.6 is 0 Å². The van der Waals surface area contributed by atoms with Crippen molar-refractivity contribution in [3.05, 3.63) is 24.3 Å². The summed E-state index contributed by atoms with van der Waals surface area (Å²) in [6.45, 7) is 5.15. The molecule has 2 saturated heterocycles. The van der Waals surface area contributed by atoms with Crippen LogP contribution in [0.2, 0.25) is 0 Å². The number of carbonyl (C=O) groups excluding carboxylic acids is 1. The van der Waals surface area contributed by atoms with Crippen LogP contribution in [-0.4, -0.2) is 49.2 Å². The van der Waals surface area contributed by atoms with E-state index in [1.54, 1.807) is 0 Å². The average Bonchev–Trinajstić information content (AvgIpc) is 2.94. The first-order valence-electron chi connectivity index (χ1n) is 7.69. The van der Waals surface area contributed by atoms with Gasteiger partial charge in [0.15, 0.2) is 0 Å². The fraction of sp³-hybridized carbons (Fsp3) is 0.562. The summed E-state index contributed by atoms with van der Waals surface area (Å²) in [5, 5.41) is 0. The van der Waals surface area contributed by atoms with Gasteiger partial charge in [-0.2, -0.15) is 0 Å². The van der Waals surface area contributed by atoms with Gasteiger partial charge in [0.05, 0.1) is 17.5 Å². The molecule has 0 aromatic heterocycles. The Hall–Kier alpha value is -1.75. The largest absolute Gasteiger partial charge is 0.397 e. The summed E-state index contributed by atoms with van der Waals surface area (Å²) < 4.78 is 5.68. The maximum atomic E-state index is 12.4. The molecule has 1 aromatic rings. The number of anilines is 2. The van der Waals surface area contributed by atoms with E-state index in [1.807, 2.05) is 36.1 Å². The van der Waals surface area contributed by atoms with Gasteiger partial charge in [-0.05, 0) is 31.9 Å². The molecule has 2 unspecified atom stereocenters. The van der Waals surface area contributed by atoms with Crippen molar-refractivity contribution in [2.75, 3.05) is 36.8 Å². The Morgan fingerprint density at radius 1 is 1.19 bits per heavy atom. The van der Waals surface area contributed by atoms with Gasteiger partial charge < -0.3 is 20.3 Å². The number of benzene rings is 1. The minimum absolute atomic E-state index is 0.153. The monoisotopic (exact) mass is 289 g/mol. The van der Waals surface area contributed by atoms with Crippen LogP contribution in [-0.2, 0) is 9.53 Å². The number of carbonyl (C=O) groups is 1. The van der Waals surface area contributed by atoms with Crippen molar-refractivity contribution in [3.8, 4) is 0 Å². The van der Waals surface area contributed by atoms with E-state index in [0.717, 1.165) is 50.4 Å². The van der Waals surface area contributed by atoms with Crippen molar-refractivity contribution in [2.24, 2.45) is 0 Å². The highest BCUT2D eigenvalue weighted by molar-refractivity contribution is 5.81. The van der Waals surface area contributed by atoms with Crippen molar-refractivity contribution in [3.63, 3.8) is 0 Å². The number of amides is 1. The van der Waals surface area contributed by atoms with Gasteiger partial charge in [-0.3, -0.25) is 4.79 Å². The Bertz CT molecular complexity index is 512. The number of para-hydroxylation sites is 2. The summed E-state index contributed by atoms with van der Waals surface area (Å²) >= 11 is 0. The minimum atomic E-state index is -0.228. The molecule has 2 fully saturated rings. The van der Waals surface area contributed by atoms with Gasteiger partial charge in [0.25, 0.3) is 5.91 Å². The van der Waals surface area contributed by atoms with Crippen molar-refractivity contribution in [2.45, 2.75) is 32.0 Å². The molecule has 2 heterocycles. The maximum absolute atomic E-state index is 12.4. The molecule has 1 aromatic carbocycles. The number of rotatable bonds is 2. The summed E-state index contributed by atoms with van der Waals surface area (Å²) in [6, 6.07) is 7.89. The van der Waals surface area contributed by atoms with Crippen LogP contribution in [0.25, 0.3) is 0 Å². The molecule has 0 spiro atoms. The topological polar surface area (TPSA) is 58.8 Å². The number of hydrogen-bond donors (Lipinski definition) is 1. The van der Waals surface area contributed by atoms with E-state index in [2.05, 4.69) is 4.90 Å². The van der Waals surface area contributed by atoms with Crippen LogP contribution in [0.4, 0.5) is 11.4 Å². The first-order valence-corrected chi connectivity index (χ1v) is 7.69. The summed E-state index contributed by atoms with van der Waals surface area (Å²) in [4.78, 5) is 16.6. The Balaban J connectivity index is 1.58. The molecule has 0 bridgehead atoms. The Labute approximate surface area is 125 Å². The summed E-state index contributed by atoms with van der Waals surface area (Å²) in [7, 11) is 0. The third kappa shape index (κ3) is 2.97. The highest BCUT2D eigenvalue weighted by Gasteiger charge is 2.33. The van der Waals surface area contributed by atoms with Crippen molar-refractivity contribution in [1.29, 1.82) is 0 Å². The lowest BCUT2D eigenvalue weighted by Gasteiger charge is -2.37. The van der Waals surface area contributed by atoms with E-state index < -0.39 is 0 Å². The van der Waals surface area contributed by atoms with Crippen LogP contribution < -0.4 is 10.6 Å². The number of ether oxygens (including phenoxy) is 1. The SMILES string of the molecule is CC1CCC(C(=O)N2CCN(c3ccccc3N)CC2)O1. The molecule has 0 radical (unpaired) electrons. The lowest BCUT2D eigenvalue weighted by atomic mass is 10.1. The fourth-order valence-electron chi connectivity index (χ4n) is 3.13.